The van der Waals surface area contributed by atoms with Crippen LogP contribution in [0.3, 0.4) is 0 Å². The van der Waals surface area contributed by atoms with Gasteiger partial charge in [-0.25, -0.2) is 4.39 Å². The molecular weight excluding hydrogens is 171 g/mol. The van der Waals surface area contributed by atoms with Gasteiger partial charge in [0, 0.05) is 11.8 Å². The number of aromatic nitrogens is 1. The molecule has 3 nitrogen and oxygen atoms in total. The zero-order valence-corrected chi connectivity index (χ0v) is 6.12. The predicted octanol–water partition coefficient (Wildman–Crippen LogP) is 2.22. The standard InChI is InChI=1S/C6H4ClFN2O/c7-6(10-11)4-1-5(8)3-9-2-4/h1-3,6H. The van der Waals surface area contributed by atoms with Crippen LogP contribution in [0.2, 0.25) is 0 Å². The minimum absolute atomic E-state index is 0.265. The predicted molar refractivity (Wildman–Crippen MR) is 38.6 cm³/mol. The van der Waals surface area contributed by atoms with Crippen LogP contribution in [0, 0.1) is 10.7 Å². The van der Waals surface area contributed by atoms with Crippen LogP contribution < -0.4 is 0 Å². The highest BCUT2D eigenvalue weighted by Gasteiger charge is 2.07. The molecule has 0 spiro atoms. The lowest BCUT2D eigenvalue weighted by molar-refractivity contribution is 0.618. The van der Waals surface area contributed by atoms with Crippen LogP contribution in [-0.4, -0.2) is 4.98 Å². The van der Waals surface area contributed by atoms with E-state index in [2.05, 4.69) is 10.2 Å². The molecule has 0 aliphatic carbocycles. The molecule has 0 radical (unpaired) electrons. The molecule has 1 aromatic rings. The maximum atomic E-state index is 12.4. The quantitative estimate of drug-likeness (QED) is 0.392. The molecule has 0 amide bonds. The van der Waals surface area contributed by atoms with E-state index in [0.29, 0.717) is 0 Å². The van der Waals surface area contributed by atoms with Gasteiger partial charge in [-0.1, -0.05) is 11.6 Å². The topological polar surface area (TPSA) is 42.3 Å². The smallest absolute Gasteiger partial charge is 0.192 e. The van der Waals surface area contributed by atoms with E-state index in [4.69, 9.17) is 11.6 Å². The number of hydrogen-bond acceptors (Lipinski definition) is 3. The van der Waals surface area contributed by atoms with Crippen LogP contribution in [0.1, 0.15) is 11.1 Å². The largest absolute Gasteiger partial charge is 0.261 e. The summed E-state index contributed by atoms with van der Waals surface area (Å²) in [6.45, 7) is 0. The summed E-state index contributed by atoms with van der Waals surface area (Å²) < 4.78 is 12.4. The fourth-order valence-corrected chi connectivity index (χ4v) is 0.739. The van der Waals surface area contributed by atoms with E-state index in [9.17, 15) is 9.30 Å². The summed E-state index contributed by atoms with van der Waals surface area (Å²) in [6, 6.07) is 1.12. The number of pyridine rings is 1. The third kappa shape index (κ3) is 1.94. The van der Waals surface area contributed by atoms with Crippen molar-refractivity contribution in [3.63, 3.8) is 0 Å². The van der Waals surface area contributed by atoms with Crippen molar-refractivity contribution in [2.24, 2.45) is 5.18 Å². The fraction of sp³-hybridized carbons (Fsp3) is 0.167. The van der Waals surface area contributed by atoms with Crippen LogP contribution in [0.5, 0.6) is 0 Å². The molecule has 58 valence electrons. The third-order valence-electron chi connectivity index (χ3n) is 1.09. The van der Waals surface area contributed by atoms with Gasteiger partial charge in [0.1, 0.15) is 5.82 Å². The molecule has 0 fully saturated rings. The first-order valence-electron chi connectivity index (χ1n) is 2.81. The first kappa shape index (κ1) is 8.07. The maximum Gasteiger partial charge on any atom is 0.192 e. The summed E-state index contributed by atoms with van der Waals surface area (Å²) in [5.74, 6) is -0.531. The fourth-order valence-electron chi connectivity index (χ4n) is 0.619. The van der Waals surface area contributed by atoms with Crippen molar-refractivity contribution >= 4 is 11.6 Å². The lowest BCUT2D eigenvalue weighted by Crippen LogP contribution is -1.88. The molecular formula is C6H4ClFN2O. The monoisotopic (exact) mass is 174 g/mol. The number of halogens is 2. The molecule has 0 aliphatic heterocycles. The number of rotatable bonds is 2. The molecule has 0 saturated carbocycles. The Morgan fingerprint density at radius 2 is 2.36 bits per heavy atom. The highest BCUT2D eigenvalue weighted by molar-refractivity contribution is 6.20. The molecule has 1 unspecified atom stereocenters. The van der Waals surface area contributed by atoms with E-state index < -0.39 is 11.3 Å². The van der Waals surface area contributed by atoms with Crippen molar-refractivity contribution in [2.45, 2.75) is 5.50 Å². The number of nitroso groups, excluding NO2 is 1. The van der Waals surface area contributed by atoms with Gasteiger partial charge >= 0.3 is 0 Å². The molecule has 1 aromatic heterocycles. The van der Waals surface area contributed by atoms with Crippen LogP contribution >= 0.6 is 11.6 Å². The zero-order chi connectivity index (χ0) is 8.27. The van der Waals surface area contributed by atoms with E-state index in [1.807, 2.05) is 0 Å². The molecule has 5 heteroatoms. The second-order valence-electron chi connectivity index (χ2n) is 1.88. The number of nitrogens with zero attached hydrogens (tertiary/aromatic N) is 2. The summed E-state index contributed by atoms with van der Waals surface area (Å²) in [5, 5.41) is 2.51. The van der Waals surface area contributed by atoms with Gasteiger partial charge in [-0.05, 0) is 11.2 Å². The van der Waals surface area contributed by atoms with Gasteiger partial charge in [0.15, 0.2) is 5.50 Å². The van der Waals surface area contributed by atoms with Gasteiger partial charge < -0.3 is 0 Å². The summed E-state index contributed by atoms with van der Waals surface area (Å²) in [4.78, 5) is 13.4. The summed E-state index contributed by atoms with van der Waals surface area (Å²) in [5.41, 5.74) is -0.792. The lowest BCUT2D eigenvalue weighted by Gasteiger charge is -1.97. The maximum absolute atomic E-state index is 12.4. The van der Waals surface area contributed by atoms with Crippen molar-refractivity contribution in [1.82, 2.24) is 4.98 Å². The minimum atomic E-state index is -1.06. The first-order chi connectivity index (χ1) is 5.24. The Hall–Kier alpha value is -1.03. The molecule has 11 heavy (non-hydrogen) atoms. The second-order valence-corrected chi connectivity index (χ2v) is 2.29. The number of hydrogen-bond donors (Lipinski definition) is 0. The molecule has 0 aromatic carbocycles. The van der Waals surface area contributed by atoms with Crippen LogP contribution in [0.25, 0.3) is 0 Å². The van der Waals surface area contributed by atoms with Gasteiger partial charge in [-0.2, -0.15) is 0 Å². The molecule has 1 heterocycles. The van der Waals surface area contributed by atoms with Crippen LogP contribution in [0.4, 0.5) is 4.39 Å². The van der Waals surface area contributed by atoms with Gasteiger partial charge in [-0.15, -0.1) is 4.91 Å². The SMILES string of the molecule is O=NC(Cl)c1cncc(F)c1. The summed E-state index contributed by atoms with van der Waals surface area (Å²) in [6.07, 6.45) is 2.32. The Morgan fingerprint density at radius 1 is 1.64 bits per heavy atom. The normalized spacial score (nSPS) is 12.5. The van der Waals surface area contributed by atoms with Crippen LogP contribution in [-0.2, 0) is 0 Å². The summed E-state index contributed by atoms with van der Waals surface area (Å²) in [7, 11) is 0. The molecule has 0 aliphatic rings. The average molecular weight is 175 g/mol. The Balaban J connectivity index is 2.95. The van der Waals surface area contributed by atoms with Gasteiger partial charge in [0.25, 0.3) is 0 Å². The Labute approximate surface area is 67.2 Å². The van der Waals surface area contributed by atoms with Crippen molar-refractivity contribution in [3.05, 3.63) is 34.7 Å². The third-order valence-corrected chi connectivity index (χ3v) is 1.43. The highest BCUT2D eigenvalue weighted by Crippen LogP contribution is 2.20. The van der Waals surface area contributed by atoms with E-state index >= 15 is 0 Å². The Bertz CT molecular complexity index is 269. The lowest BCUT2D eigenvalue weighted by atomic mass is 10.3. The molecule has 0 saturated heterocycles. The van der Waals surface area contributed by atoms with Crippen molar-refractivity contribution in [3.8, 4) is 0 Å². The zero-order valence-electron chi connectivity index (χ0n) is 5.37. The Morgan fingerprint density at radius 3 is 2.91 bits per heavy atom. The van der Waals surface area contributed by atoms with E-state index in [1.54, 1.807) is 0 Å². The van der Waals surface area contributed by atoms with Crippen molar-refractivity contribution in [2.75, 3.05) is 0 Å². The van der Waals surface area contributed by atoms with Gasteiger partial charge in [-0.3, -0.25) is 4.98 Å². The van der Waals surface area contributed by atoms with Crippen LogP contribution in [0.15, 0.2) is 23.6 Å². The van der Waals surface area contributed by atoms with Crippen molar-refractivity contribution in [1.29, 1.82) is 0 Å². The minimum Gasteiger partial charge on any atom is -0.261 e. The van der Waals surface area contributed by atoms with Gasteiger partial charge in [0.2, 0.25) is 0 Å². The number of alkyl halides is 1. The average Bonchev–Trinajstić information content (AvgIpc) is 2.03. The molecule has 1 rings (SSSR count). The van der Waals surface area contributed by atoms with E-state index in [1.165, 1.54) is 6.20 Å². The molecule has 0 bridgehead atoms. The summed E-state index contributed by atoms with van der Waals surface area (Å²) >= 11 is 5.38. The molecule has 1 atom stereocenters. The Kier molecular flexibility index (Phi) is 2.48. The van der Waals surface area contributed by atoms with Gasteiger partial charge in [0.05, 0.1) is 6.20 Å². The van der Waals surface area contributed by atoms with Crippen molar-refractivity contribution < 1.29 is 4.39 Å². The highest BCUT2D eigenvalue weighted by atomic mass is 35.5. The second kappa shape index (κ2) is 3.39. The molecule has 0 N–H and O–H groups in total. The van der Waals surface area contributed by atoms with E-state index in [0.717, 1.165) is 12.3 Å². The van der Waals surface area contributed by atoms with E-state index in [-0.39, 0.29) is 5.56 Å². The first-order valence-corrected chi connectivity index (χ1v) is 3.24.